The van der Waals surface area contributed by atoms with Crippen molar-refractivity contribution in [3.63, 3.8) is 0 Å². The third kappa shape index (κ3) is 3.32. The van der Waals surface area contributed by atoms with E-state index in [0.717, 1.165) is 44.4 Å². The van der Waals surface area contributed by atoms with Crippen LogP contribution in [0.4, 0.5) is 0 Å². The summed E-state index contributed by atoms with van der Waals surface area (Å²) in [6.45, 7) is 2.24. The van der Waals surface area contributed by atoms with E-state index in [2.05, 4.69) is 6.92 Å². The molecule has 0 saturated heterocycles. The summed E-state index contributed by atoms with van der Waals surface area (Å²) in [7, 11) is 0. The average molecular weight is 266 g/mol. The van der Waals surface area contributed by atoms with Crippen LogP contribution in [-0.2, 0) is 4.79 Å². The number of aliphatic carboxylic acids is 1. The molecule has 2 heteroatoms. The predicted octanol–water partition coefficient (Wildman–Crippen LogP) is 5.02. The molecule has 2 nitrogen and oxygen atoms in total. The van der Waals surface area contributed by atoms with E-state index in [9.17, 15) is 9.90 Å². The van der Waals surface area contributed by atoms with Gasteiger partial charge in [0.25, 0.3) is 0 Å². The highest BCUT2D eigenvalue weighted by Crippen LogP contribution is 2.50. The molecule has 0 spiro atoms. The van der Waals surface area contributed by atoms with Gasteiger partial charge in [-0.3, -0.25) is 4.79 Å². The van der Waals surface area contributed by atoms with Gasteiger partial charge in [0.1, 0.15) is 0 Å². The van der Waals surface area contributed by atoms with Gasteiger partial charge in [-0.1, -0.05) is 45.4 Å². The molecule has 0 unspecified atom stereocenters. The van der Waals surface area contributed by atoms with Crippen LogP contribution in [0, 0.1) is 17.3 Å². The van der Waals surface area contributed by atoms with Crippen LogP contribution in [0.1, 0.15) is 84.0 Å². The lowest BCUT2D eigenvalue weighted by molar-refractivity contribution is -0.157. The lowest BCUT2D eigenvalue weighted by Crippen LogP contribution is -2.42. The van der Waals surface area contributed by atoms with Crippen LogP contribution in [0.2, 0.25) is 0 Å². The quantitative estimate of drug-likeness (QED) is 0.758. The molecule has 1 N–H and O–H groups in total. The van der Waals surface area contributed by atoms with Gasteiger partial charge in [-0.25, -0.2) is 0 Å². The summed E-state index contributed by atoms with van der Waals surface area (Å²) < 4.78 is 0. The summed E-state index contributed by atoms with van der Waals surface area (Å²) in [4.78, 5) is 11.9. The summed E-state index contributed by atoms with van der Waals surface area (Å²) in [5, 5.41) is 9.80. The normalized spacial score (nSPS) is 33.2. The number of hydrogen-bond acceptors (Lipinski definition) is 1. The number of unbranched alkanes of at least 4 members (excludes halogenated alkanes) is 1. The molecule has 0 radical (unpaired) electrons. The Morgan fingerprint density at radius 2 is 1.74 bits per heavy atom. The van der Waals surface area contributed by atoms with Gasteiger partial charge in [-0.2, -0.15) is 0 Å². The van der Waals surface area contributed by atoms with Gasteiger partial charge in [0.2, 0.25) is 0 Å². The van der Waals surface area contributed by atoms with Crippen molar-refractivity contribution in [3.05, 3.63) is 0 Å². The molecule has 0 amide bonds. The highest BCUT2D eigenvalue weighted by atomic mass is 16.4. The van der Waals surface area contributed by atoms with Gasteiger partial charge in [-0.15, -0.1) is 0 Å². The van der Waals surface area contributed by atoms with E-state index >= 15 is 0 Å². The number of carboxylic acid groups (broad SMARTS) is 1. The molecule has 2 aliphatic rings. The monoisotopic (exact) mass is 266 g/mol. The SMILES string of the molecule is CCCC[C@H]1CC[C@](C(=O)O)(C2CCCCC2)CC1. The molecular weight excluding hydrogens is 236 g/mol. The maximum absolute atomic E-state index is 11.9. The molecule has 0 heterocycles. The number of carbonyl (C=O) groups is 1. The van der Waals surface area contributed by atoms with Crippen LogP contribution >= 0.6 is 0 Å². The van der Waals surface area contributed by atoms with Gasteiger partial charge < -0.3 is 5.11 Å². The molecule has 0 bridgehead atoms. The van der Waals surface area contributed by atoms with E-state index in [1.165, 1.54) is 38.5 Å². The number of rotatable bonds is 5. The van der Waals surface area contributed by atoms with Crippen molar-refractivity contribution in [2.24, 2.45) is 17.3 Å². The van der Waals surface area contributed by atoms with Crippen molar-refractivity contribution in [1.29, 1.82) is 0 Å². The zero-order valence-corrected chi connectivity index (χ0v) is 12.5. The molecule has 0 aromatic carbocycles. The Hall–Kier alpha value is -0.530. The van der Waals surface area contributed by atoms with Gasteiger partial charge in [0.15, 0.2) is 0 Å². The van der Waals surface area contributed by atoms with Crippen molar-refractivity contribution in [2.45, 2.75) is 84.0 Å². The Bertz CT molecular complexity index is 284. The Labute approximate surface area is 118 Å². The molecule has 0 atom stereocenters. The van der Waals surface area contributed by atoms with Gasteiger partial charge in [0.05, 0.1) is 5.41 Å². The first-order valence-electron chi connectivity index (χ1n) is 8.42. The molecule has 2 fully saturated rings. The van der Waals surface area contributed by atoms with E-state index in [1.807, 2.05) is 0 Å². The van der Waals surface area contributed by atoms with Crippen LogP contribution in [0.5, 0.6) is 0 Å². The van der Waals surface area contributed by atoms with Gasteiger partial charge >= 0.3 is 5.97 Å². The van der Waals surface area contributed by atoms with Crippen LogP contribution in [0.25, 0.3) is 0 Å². The second-order valence-corrected chi connectivity index (χ2v) is 6.88. The maximum Gasteiger partial charge on any atom is 0.309 e. The Morgan fingerprint density at radius 1 is 1.11 bits per heavy atom. The largest absolute Gasteiger partial charge is 0.481 e. The van der Waals surface area contributed by atoms with E-state index < -0.39 is 5.97 Å². The minimum atomic E-state index is -0.492. The molecule has 110 valence electrons. The molecule has 0 aromatic heterocycles. The van der Waals surface area contributed by atoms with E-state index in [4.69, 9.17) is 0 Å². The topological polar surface area (TPSA) is 37.3 Å². The van der Waals surface area contributed by atoms with Crippen LogP contribution < -0.4 is 0 Å². The lowest BCUT2D eigenvalue weighted by Gasteiger charge is -2.44. The standard InChI is InChI=1S/C17H30O2/c1-2-3-7-14-10-12-17(13-11-14,16(18)19)15-8-5-4-6-9-15/h14-15H,2-13H2,1H3,(H,18,19)/t14-,17+. The summed E-state index contributed by atoms with van der Waals surface area (Å²) in [6.07, 6.45) is 14.2. The zero-order valence-electron chi connectivity index (χ0n) is 12.5. The summed E-state index contributed by atoms with van der Waals surface area (Å²) >= 11 is 0. The summed E-state index contributed by atoms with van der Waals surface area (Å²) in [6, 6.07) is 0. The second kappa shape index (κ2) is 6.76. The molecule has 19 heavy (non-hydrogen) atoms. The molecule has 0 aromatic rings. The van der Waals surface area contributed by atoms with Crippen molar-refractivity contribution in [1.82, 2.24) is 0 Å². The summed E-state index contributed by atoms with van der Waals surface area (Å²) in [5.41, 5.74) is -0.358. The second-order valence-electron chi connectivity index (χ2n) is 6.88. The van der Waals surface area contributed by atoms with Crippen LogP contribution in [0.3, 0.4) is 0 Å². The first-order chi connectivity index (χ1) is 9.19. The van der Waals surface area contributed by atoms with Crippen LogP contribution in [0.15, 0.2) is 0 Å². The zero-order chi connectivity index (χ0) is 13.7. The van der Waals surface area contributed by atoms with E-state index in [0.29, 0.717) is 5.92 Å². The fraction of sp³-hybridized carbons (Fsp3) is 0.941. The molecule has 0 aliphatic heterocycles. The Balaban J connectivity index is 1.96. The smallest absolute Gasteiger partial charge is 0.309 e. The average Bonchev–Trinajstić information content (AvgIpc) is 2.46. The highest BCUT2D eigenvalue weighted by molar-refractivity contribution is 5.75. The van der Waals surface area contributed by atoms with E-state index in [1.54, 1.807) is 0 Å². The minimum absolute atomic E-state index is 0.358. The van der Waals surface area contributed by atoms with Crippen molar-refractivity contribution < 1.29 is 9.90 Å². The fourth-order valence-electron chi connectivity index (χ4n) is 4.43. The van der Waals surface area contributed by atoms with E-state index in [-0.39, 0.29) is 5.41 Å². The highest BCUT2D eigenvalue weighted by Gasteiger charge is 2.47. The van der Waals surface area contributed by atoms with Gasteiger partial charge in [-0.05, 0) is 50.4 Å². The molecular formula is C17H30O2. The van der Waals surface area contributed by atoms with Crippen molar-refractivity contribution in [3.8, 4) is 0 Å². The van der Waals surface area contributed by atoms with Crippen molar-refractivity contribution >= 4 is 5.97 Å². The first kappa shape index (κ1) is 14.9. The molecule has 2 rings (SSSR count). The minimum Gasteiger partial charge on any atom is -0.481 e. The Kier molecular flexibility index (Phi) is 5.29. The van der Waals surface area contributed by atoms with Crippen LogP contribution in [-0.4, -0.2) is 11.1 Å². The third-order valence-electron chi connectivity index (χ3n) is 5.78. The fourth-order valence-corrected chi connectivity index (χ4v) is 4.43. The predicted molar refractivity (Wildman–Crippen MR) is 78.1 cm³/mol. The molecule has 2 aliphatic carbocycles. The number of hydrogen-bond donors (Lipinski definition) is 1. The maximum atomic E-state index is 11.9. The summed E-state index contributed by atoms with van der Waals surface area (Å²) in [5.74, 6) is 0.773. The van der Waals surface area contributed by atoms with Crippen molar-refractivity contribution in [2.75, 3.05) is 0 Å². The number of carboxylic acids is 1. The first-order valence-corrected chi connectivity index (χ1v) is 8.42. The third-order valence-corrected chi connectivity index (χ3v) is 5.78. The molecule has 2 saturated carbocycles. The lowest BCUT2D eigenvalue weighted by atomic mass is 9.60. The Morgan fingerprint density at radius 3 is 2.26 bits per heavy atom. The van der Waals surface area contributed by atoms with Gasteiger partial charge in [0, 0.05) is 0 Å².